The van der Waals surface area contributed by atoms with Crippen LogP contribution in [-0.4, -0.2) is 33.6 Å². The Morgan fingerprint density at radius 2 is 1.76 bits per heavy atom. The number of rotatable bonds is 6. The van der Waals surface area contributed by atoms with Crippen molar-refractivity contribution < 1.29 is 22.7 Å². The number of carbonyl (C=O) groups excluding carboxylic acids is 1. The minimum Gasteiger partial charge on any atom is -0.492 e. The van der Waals surface area contributed by atoms with E-state index in [4.69, 9.17) is 9.47 Å². The highest BCUT2D eigenvalue weighted by molar-refractivity contribution is 7.92. The van der Waals surface area contributed by atoms with Gasteiger partial charge in [-0.3, -0.25) is 9.10 Å². The Hall–Kier alpha value is -3.52. The monoisotopic (exact) mass is 466 g/mol. The van der Waals surface area contributed by atoms with Gasteiger partial charge in [-0.2, -0.15) is 0 Å². The van der Waals surface area contributed by atoms with Crippen LogP contribution in [0.5, 0.6) is 11.5 Å². The summed E-state index contributed by atoms with van der Waals surface area (Å²) < 4.78 is 39.9. The molecule has 0 spiro atoms. The van der Waals surface area contributed by atoms with E-state index >= 15 is 0 Å². The van der Waals surface area contributed by atoms with Crippen molar-refractivity contribution in [2.24, 2.45) is 0 Å². The summed E-state index contributed by atoms with van der Waals surface area (Å²) in [6.45, 7) is 5.92. The molecule has 3 aromatic carbocycles. The fourth-order valence-corrected chi connectivity index (χ4v) is 5.10. The highest BCUT2D eigenvalue weighted by Crippen LogP contribution is 2.38. The SMILES string of the molecule is CCOc1ccccc1NC(=O)C1CN(S(=O)(=O)c2ccc(C)cc2)c2ccc(C)cc2O1. The lowest BCUT2D eigenvalue weighted by Crippen LogP contribution is -2.48. The highest BCUT2D eigenvalue weighted by Gasteiger charge is 2.37. The second-order valence-electron chi connectivity index (χ2n) is 7.85. The van der Waals surface area contributed by atoms with Crippen LogP contribution in [0.15, 0.2) is 71.6 Å². The molecule has 3 aromatic rings. The molecular weight excluding hydrogens is 440 g/mol. The Morgan fingerprint density at radius 3 is 2.48 bits per heavy atom. The Bertz CT molecular complexity index is 1270. The zero-order valence-corrected chi connectivity index (χ0v) is 19.6. The lowest BCUT2D eigenvalue weighted by molar-refractivity contribution is -0.122. The number of ether oxygens (including phenoxy) is 2. The highest BCUT2D eigenvalue weighted by atomic mass is 32.2. The van der Waals surface area contributed by atoms with E-state index in [0.29, 0.717) is 29.5 Å². The van der Waals surface area contributed by atoms with Crippen molar-refractivity contribution >= 4 is 27.3 Å². The quantitative estimate of drug-likeness (QED) is 0.586. The van der Waals surface area contributed by atoms with Crippen molar-refractivity contribution in [3.63, 3.8) is 0 Å². The van der Waals surface area contributed by atoms with E-state index in [1.54, 1.807) is 54.6 Å². The van der Waals surface area contributed by atoms with Gasteiger partial charge >= 0.3 is 0 Å². The Balaban J connectivity index is 1.68. The first-order valence-electron chi connectivity index (χ1n) is 10.7. The maximum absolute atomic E-state index is 13.5. The summed E-state index contributed by atoms with van der Waals surface area (Å²) in [6.07, 6.45) is -1.05. The first kappa shape index (κ1) is 22.7. The van der Waals surface area contributed by atoms with E-state index in [1.807, 2.05) is 32.9 Å². The first-order valence-corrected chi connectivity index (χ1v) is 12.1. The molecule has 0 aromatic heterocycles. The summed E-state index contributed by atoms with van der Waals surface area (Å²) in [5.74, 6) is 0.415. The Morgan fingerprint density at radius 1 is 1.06 bits per heavy atom. The topological polar surface area (TPSA) is 84.9 Å². The fraction of sp³-hybridized carbons (Fsp3) is 0.240. The molecule has 172 valence electrons. The third kappa shape index (κ3) is 4.66. The van der Waals surface area contributed by atoms with E-state index in [2.05, 4.69) is 5.32 Å². The van der Waals surface area contributed by atoms with Gasteiger partial charge in [0, 0.05) is 0 Å². The van der Waals surface area contributed by atoms with Crippen molar-refractivity contribution in [2.45, 2.75) is 31.8 Å². The van der Waals surface area contributed by atoms with Crippen molar-refractivity contribution in [1.82, 2.24) is 0 Å². The largest absolute Gasteiger partial charge is 0.492 e. The second-order valence-corrected chi connectivity index (χ2v) is 9.71. The summed E-state index contributed by atoms with van der Waals surface area (Å²) >= 11 is 0. The molecule has 1 aliphatic heterocycles. The van der Waals surface area contributed by atoms with Crippen LogP contribution in [0.4, 0.5) is 11.4 Å². The molecule has 1 N–H and O–H groups in total. The number of sulfonamides is 1. The third-order valence-electron chi connectivity index (χ3n) is 5.33. The van der Waals surface area contributed by atoms with Crippen LogP contribution in [0.3, 0.4) is 0 Å². The smallest absolute Gasteiger partial charge is 0.267 e. The molecule has 1 atom stereocenters. The number of benzene rings is 3. The van der Waals surface area contributed by atoms with Crippen LogP contribution in [0.2, 0.25) is 0 Å². The molecule has 1 aliphatic rings. The van der Waals surface area contributed by atoms with E-state index < -0.39 is 22.0 Å². The molecule has 0 bridgehead atoms. The molecule has 1 heterocycles. The van der Waals surface area contributed by atoms with Gasteiger partial charge in [0.25, 0.3) is 15.9 Å². The predicted octanol–water partition coefficient (Wildman–Crippen LogP) is 4.30. The Labute approximate surface area is 194 Å². The molecule has 0 fully saturated rings. The molecule has 0 saturated carbocycles. The number of hydrogen-bond acceptors (Lipinski definition) is 5. The number of nitrogens with one attached hydrogen (secondary N) is 1. The number of carbonyl (C=O) groups is 1. The third-order valence-corrected chi connectivity index (χ3v) is 7.12. The van der Waals surface area contributed by atoms with Gasteiger partial charge in [0.15, 0.2) is 6.10 Å². The predicted molar refractivity (Wildman–Crippen MR) is 128 cm³/mol. The molecule has 1 amide bonds. The number of fused-ring (bicyclic) bond motifs is 1. The summed E-state index contributed by atoms with van der Waals surface area (Å²) in [4.78, 5) is 13.3. The van der Waals surface area contributed by atoms with Crippen molar-refractivity contribution in [3.05, 3.63) is 77.9 Å². The van der Waals surface area contributed by atoms with Gasteiger partial charge in [-0.1, -0.05) is 35.9 Å². The van der Waals surface area contributed by atoms with Crippen LogP contribution >= 0.6 is 0 Å². The number of amides is 1. The molecular formula is C25H26N2O5S. The minimum atomic E-state index is -3.91. The lowest BCUT2D eigenvalue weighted by atomic mass is 10.1. The maximum atomic E-state index is 13.5. The summed E-state index contributed by atoms with van der Waals surface area (Å²) in [5.41, 5.74) is 2.75. The standard InChI is InChI=1S/C25H26N2O5S/c1-4-31-22-8-6-5-7-20(22)26-25(28)24-16-27(21-14-11-18(3)15-23(21)32-24)33(29,30)19-12-9-17(2)10-13-19/h5-15,24H,4,16H2,1-3H3,(H,26,28). The van der Waals surface area contributed by atoms with Gasteiger partial charge in [-0.05, 0) is 62.7 Å². The van der Waals surface area contributed by atoms with Crippen LogP contribution in [0.25, 0.3) is 0 Å². The second kappa shape index (κ2) is 9.15. The van der Waals surface area contributed by atoms with Crippen LogP contribution < -0.4 is 19.1 Å². The summed E-state index contributed by atoms with van der Waals surface area (Å²) in [6, 6.07) is 19.0. The van der Waals surface area contributed by atoms with Gasteiger partial charge in [0.2, 0.25) is 0 Å². The molecule has 33 heavy (non-hydrogen) atoms. The molecule has 8 heteroatoms. The molecule has 0 saturated heterocycles. The number of aryl methyl sites for hydroxylation is 2. The van der Waals surface area contributed by atoms with E-state index in [-0.39, 0.29) is 11.4 Å². The zero-order valence-electron chi connectivity index (χ0n) is 18.7. The first-order chi connectivity index (χ1) is 15.8. The van der Waals surface area contributed by atoms with Crippen LogP contribution in [-0.2, 0) is 14.8 Å². The number of hydrogen-bond donors (Lipinski definition) is 1. The molecule has 7 nitrogen and oxygen atoms in total. The van der Waals surface area contributed by atoms with Gasteiger partial charge in [0.1, 0.15) is 11.5 Å². The van der Waals surface area contributed by atoms with Crippen LogP contribution in [0, 0.1) is 13.8 Å². The average molecular weight is 467 g/mol. The molecule has 0 radical (unpaired) electrons. The summed E-state index contributed by atoms with van der Waals surface area (Å²) in [5, 5.41) is 2.82. The molecule has 1 unspecified atom stereocenters. The summed E-state index contributed by atoms with van der Waals surface area (Å²) in [7, 11) is -3.91. The van der Waals surface area contributed by atoms with E-state index in [1.165, 1.54) is 4.31 Å². The van der Waals surface area contributed by atoms with Gasteiger partial charge in [-0.15, -0.1) is 0 Å². The van der Waals surface area contributed by atoms with Gasteiger partial charge in [-0.25, -0.2) is 8.42 Å². The molecule has 4 rings (SSSR count). The normalized spacial score (nSPS) is 15.4. The number of para-hydroxylation sites is 2. The minimum absolute atomic E-state index is 0.155. The van der Waals surface area contributed by atoms with E-state index in [9.17, 15) is 13.2 Å². The maximum Gasteiger partial charge on any atom is 0.267 e. The number of nitrogens with zero attached hydrogens (tertiary/aromatic N) is 1. The van der Waals surface area contributed by atoms with Crippen LogP contribution in [0.1, 0.15) is 18.1 Å². The van der Waals surface area contributed by atoms with Crippen molar-refractivity contribution in [1.29, 1.82) is 0 Å². The fourth-order valence-electron chi connectivity index (χ4n) is 3.63. The van der Waals surface area contributed by atoms with Gasteiger partial charge < -0.3 is 14.8 Å². The Kier molecular flexibility index (Phi) is 6.29. The molecule has 0 aliphatic carbocycles. The van der Waals surface area contributed by atoms with Crippen molar-refractivity contribution in [3.8, 4) is 11.5 Å². The number of anilines is 2. The van der Waals surface area contributed by atoms with Crippen molar-refractivity contribution in [2.75, 3.05) is 22.8 Å². The average Bonchev–Trinajstić information content (AvgIpc) is 2.79. The zero-order chi connectivity index (χ0) is 23.6. The van der Waals surface area contributed by atoms with E-state index in [0.717, 1.165) is 11.1 Å². The van der Waals surface area contributed by atoms with Gasteiger partial charge in [0.05, 0.1) is 29.4 Å². The lowest BCUT2D eigenvalue weighted by Gasteiger charge is -2.35.